The van der Waals surface area contributed by atoms with E-state index in [2.05, 4.69) is 38.3 Å². The molecule has 2 aromatic rings. The van der Waals surface area contributed by atoms with Gasteiger partial charge < -0.3 is 0 Å². The van der Waals surface area contributed by atoms with Crippen LogP contribution in [0.4, 0.5) is 0 Å². The van der Waals surface area contributed by atoms with Crippen molar-refractivity contribution in [3.05, 3.63) is 22.4 Å². The summed E-state index contributed by atoms with van der Waals surface area (Å²) in [7, 11) is 0. The third-order valence-corrected chi connectivity index (χ3v) is 5.15. The van der Waals surface area contributed by atoms with Crippen LogP contribution in [-0.2, 0) is 5.41 Å². The highest BCUT2D eigenvalue weighted by atomic mass is 32.1. The van der Waals surface area contributed by atoms with Crippen molar-refractivity contribution >= 4 is 32.1 Å². The molecule has 2 aromatic heterocycles. The van der Waals surface area contributed by atoms with Crippen molar-refractivity contribution in [1.29, 1.82) is 0 Å². The van der Waals surface area contributed by atoms with Crippen LogP contribution < -0.4 is 0 Å². The number of hydrogen-bond donors (Lipinski definition) is 0. The largest absolute Gasteiger partial charge is 0.143 e. The van der Waals surface area contributed by atoms with Crippen molar-refractivity contribution in [1.82, 2.24) is 0 Å². The van der Waals surface area contributed by atoms with Gasteiger partial charge in [-0.1, -0.05) is 20.8 Å². The molecule has 0 nitrogen and oxygen atoms in total. The molecular weight excluding hydrogens is 196 g/mol. The predicted molar refractivity (Wildman–Crippen MR) is 63.0 cm³/mol. The average molecular weight is 210 g/mol. The lowest BCUT2D eigenvalue weighted by Gasteiger charge is -2.20. The van der Waals surface area contributed by atoms with Crippen molar-refractivity contribution < 1.29 is 0 Å². The van der Waals surface area contributed by atoms with Gasteiger partial charge in [0.25, 0.3) is 0 Å². The molecule has 0 spiro atoms. The molecule has 0 N–H and O–H groups in total. The molecule has 0 aliphatic heterocycles. The lowest BCUT2D eigenvalue weighted by Crippen LogP contribution is -2.12. The van der Waals surface area contributed by atoms with Crippen LogP contribution >= 0.6 is 22.7 Å². The predicted octanol–water partition coefficient (Wildman–Crippen LogP) is 4.65. The molecule has 0 saturated carbocycles. The maximum atomic E-state index is 2.36. The molecule has 0 bridgehead atoms. The van der Waals surface area contributed by atoms with E-state index in [-0.39, 0.29) is 0 Å². The topological polar surface area (TPSA) is 0 Å². The van der Waals surface area contributed by atoms with Crippen LogP contribution in [0.3, 0.4) is 0 Å². The molecule has 0 atom stereocenters. The summed E-state index contributed by atoms with van der Waals surface area (Å²) in [5.74, 6) is 0. The van der Waals surface area contributed by atoms with E-state index in [4.69, 9.17) is 0 Å². The molecule has 2 heteroatoms. The third-order valence-electron chi connectivity index (χ3n) is 2.69. The molecule has 0 aromatic carbocycles. The highest BCUT2D eigenvalue weighted by Crippen LogP contribution is 2.38. The minimum Gasteiger partial charge on any atom is -0.143 e. The molecule has 0 saturated heterocycles. The monoisotopic (exact) mass is 210 g/mol. The summed E-state index contributed by atoms with van der Waals surface area (Å²) < 4.78 is 2.89. The Bertz CT molecular complexity index is 378. The summed E-state index contributed by atoms with van der Waals surface area (Å²) in [5, 5.41) is 2.17. The minimum atomic E-state index is 0.351. The Hall–Kier alpha value is -0.340. The van der Waals surface area contributed by atoms with Gasteiger partial charge in [0, 0.05) is 14.3 Å². The fourth-order valence-corrected chi connectivity index (χ4v) is 3.55. The lowest BCUT2D eigenvalue weighted by molar-refractivity contribution is 0.517. The van der Waals surface area contributed by atoms with Crippen molar-refractivity contribution in [3.8, 4) is 0 Å². The van der Waals surface area contributed by atoms with E-state index >= 15 is 0 Å². The second-order valence-electron chi connectivity index (χ2n) is 4.00. The van der Waals surface area contributed by atoms with E-state index in [1.54, 1.807) is 0 Å². The Kier molecular flexibility index (Phi) is 2.20. The van der Waals surface area contributed by atoms with E-state index in [0.717, 1.165) is 0 Å². The zero-order valence-corrected chi connectivity index (χ0v) is 9.89. The number of fused-ring (bicyclic) bond motifs is 1. The van der Waals surface area contributed by atoms with Crippen molar-refractivity contribution in [2.75, 3.05) is 0 Å². The number of rotatable bonds is 2. The average Bonchev–Trinajstić information content (AvgIpc) is 2.61. The minimum absolute atomic E-state index is 0.351. The molecule has 0 aliphatic rings. The normalized spacial score (nSPS) is 12.5. The summed E-state index contributed by atoms with van der Waals surface area (Å²) in [6.07, 6.45) is 1.21. The second kappa shape index (κ2) is 3.10. The van der Waals surface area contributed by atoms with Crippen LogP contribution in [0.2, 0.25) is 0 Å². The van der Waals surface area contributed by atoms with E-state index < -0.39 is 0 Å². The van der Waals surface area contributed by atoms with Crippen molar-refractivity contribution in [3.63, 3.8) is 0 Å². The summed E-state index contributed by atoms with van der Waals surface area (Å²) in [4.78, 5) is 1.52. The zero-order valence-electron chi connectivity index (χ0n) is 8.26. The summed E-state index contributed by atoms with van der Waals surface area (Å²) >= 11 is 3.79. The van der Waals surface area contributed by atoms with Gasteiger partial charge in [-0.25, -0.2) is 0 Å². The van der Waals surface area contributed by atoms with E-state index in [1.807, 2.05) is 22.7 Å². The van der Waals surface area contributed by atoms with E-state index in [1.165, 1.54) is 20.7 Å². The maximum absolute atomic E-state index is 2.36. The van der Waals surface area contributed by atoms with Gasteiger partial charge in [-0.15, -0.1) is 22.7 Å². The fraction of sp³-hybridized carbons (Fsp3) is 0.455. The number of thiophene rings is 2. The van der Waals surface area contributed by atoms with Crippen LogP contribution in [0, 0.1) is 0 Å². The molecule has 0 fully saturated rings. The summed E-state index contributed by atoms with van der Waals surface area (Å²) in [6, 6.07) is 4.58. The quantitative estimate of drug-likeness (QED) is 0.677. The Morgan fingerprint density at radius 1 is 1.31 bits per heavy atom. The van der Waals surface area contributed by atoms with Crippen LogP contribution in [-0.4, -0.2) is 0 Å². The summed E-state index contributed by atoms with van der Waals surface area (Å²) in [6.45, 7) is 6.90. The van der Waals surface area contributed by atoms with Crippen LogP contribution in [0.15, 0.2) is 17.5 Å². The Labute approximate surface area is 87.2 Å². The van der Waals surface area contributed by atoms with Crippen LogP contribution in [0.1, 0.15) is 32.1 Å². The molecule has 2 heterocycles. The third kappa shape index (κ3) is 1.53. The highest BCUT2D eigenvalue weighted by molar-refractivity contribution is 7.27. The zero-order chi connectivity index (χ0) is 9.47. The van der Waals surface area contributed by atoms with Gasteiger partial charge in [0.2, 0.25) is 0 Å². The molecular formula is C11H14S2. The fourth-order valence-electron chi connectivity index (χ4n) is 1.27. The first kappa shape index (κ1) is 9.22. The Morgan fingerprint density at radius 2 is 2.08 bits per heavy atom. The molecule has 0 amide bonds. The lowest BCUT2D eigenvalue weighted by atomic mass is 9.89. The molecule has 2 rings (SSSR count). The molecule has 13 heavy (non-hydrogen) atoms. The van der Waals surface area contributed by atoms with Gasteiger partial charge >= 0.3 is 0 Å². The highest BCUT2D eigenvalue weighted by Gasteiger charge is 2.20. The SMILES string of the molecule is CCC(C)(C)c1cc2sccc2s1. The molecule has 0 unspecified atom stereocenters. The Balaban J connectivity index is 2.50. The van der Waals surface area contributed by atoms with Crippen LogP contribution in [0.5, 0.6) is 0 Å². The second-order valence-corrected chi connectivity index (χ2v) is 6.03. The van der Waals surface area contributed by atoms with E-state index in [0.29, 0.717) is 5.41 Å². The molecule has 70 valence electrons. The standard InChI is InChI=1S/C11H14S2/c1-4-11(2,3)10-7-9-8(13-10)5-6-12-9/h5-7H,4H2,1-3H3. The van der Waals surface area contributed by atoms with E-state index in [9.17, 15) is 0 Å². The van der Waals surface area contributed by atoms with Gasteiger partial charge in [-0.05, 0) is 29.3 Å². The first-order valence-corrected chi connectivity index (χ1v) is 6.30. The summed E-state index contributed by atoms with van der Waals surface area (Å²) in [5.41, 5.74) is 0.351. The molecule has 0 aliphatic carbocycles. The van der Waals surface area contributed by atoms with Crippen molar-refractivity contribution in [2.24, 2.45) is 0 Å². The van der Waals surface area contributed by atoms with Crippen LogP contribution in [0.25, 0.3) is 9.40 Å². The van der Waals surface area contributed by atoms with Gasteiger partial charge in [0.05, 0.1) is 0 Å². The van der Waals surface area contributed by atoms with Gasteiger partial charge in [-0.2, -0.15) is 0 Å². The first-order valence-electron chi connectivity index (χ1n) is 4.61. The maximum Gasteiger partial charge on any atom is 0.0453 e. The Morgan fingerprint density at radius 3 is 2.69 bits per heavy atom. The van der Waals surface area contributed by atoms with Gasteiger partial charge in [-0.3, -0.25) is 0 Å². The van der Waals surface area contributed by atoms with Gasteiger partial charge in [0.15, 0.2) is 0 Å². The van der Waals surface area contributed by atoms with Gasteiger partial charge in [0.1, 0.15) is 0 Å². The molecule has 0 radical (unpaired) electrons. The first-order chi connectivity index (χ1) is 6.13. The smallest absolute Gasteiger partial charge is 0.0453 e. The van der Waals surface area contributed by atoms with Crippen molar-refractivity contribution in [2.45, 2.75) is 32.6 Å². The number of hydrogen-bond acceptors (Lipinski definition) is 2.